The van der Waals surface area contributed by atoms with E-state index in [0.29, 0.717) is 29.8 Å². The molecule has 232 valence electrons. The Hall–Kier alpha value is -5.60. The average Bonchev–Trinajstić information content (AvgIpc) is 3.50. The first-order chi connectivity index (χ1) is 23.8. The van der Waals surface area contributed by atoms with E-state index in [0.717, 1.165) is 17.8 Å². The summed E-state index contributed by atoms with van der Waals surface area (Å²) in [6.45, 7) is 0. The standard InChI is InChI=1S/C46H38N2/c1-2-13-33(14-3-1)34-25-29-37(30-26-34)47(43-24-12-16-35-15-4-5-17-39(35)43)38-31-27-36(28-32-38)40-18-6-9-21-44(40)48-45-22-10-7-19-41(45)42-20-8-11-23-46(42)48/h1-17,19-32,40-42,45-46H,18H2. The van der Waals surface area contributed by atoms with Crippen molar-refractivity contribution in [2.24, 2.45) is 11.8 Å². The van der Waals surface area contributed by atoms with E-state index in [1.165, 1.54) is 38.8 Å². The van der Waals surface area contributed by atoms with Crippen LogP contribution in [0.5, 0.6) is 0 Å². The third-order valence-corrected chi connectivity index (χ3v) is 10.6. The Kier molecular flexibility index (Phi) is 7.28. The van der Waals surface area contributed by atoms with Gasteiger partial charge in [0.25, 0.3) is 0 Å². The summed E-state index contributed by atoms with van der Waals surface area (Å²) in [6.07, 6.45) is 26.6. The predicted molar refractivity (Wildman–Crippen MR) is 202 cm³/mol. The van der Waals surface area contributed by atoms with Crippen molar-refractivity contribution in [3.05, 3.63) is 199 Å². The first kappa shape index (κ1) is 28.6. The van der Waals surface area contributed by atoms with Crippen molar-refractivity contribution >= 4 is 27.8 Å². The monoisotopic (exact) mass is 618 g/mol. The molecular formula is C46H38N2. The molecule has 0 bridgehead atoms. The largest absolute Gasteiger partial charge is 0.360 e. The van der Waals surface area contributed by atoms with Gasteiger partial charge in [-0.2, -0.15) is 0 Å². The van der Waals surface area contributed by atoms with Crippen molar-refractivity contribution < 1.29 is 0 Å². The maximum Gasteiger partial charge on any atom is 0.0549 e. The smallest absolute Gasteiger partial charge is 0.0549 e. The second-order valence-corrected chi connectivity index (χ2v) is 13.2. The van der Waals surface area contributed by atoms with E-state index in [-0.39, 0.29) is 0 Å². The number of fused-ring (bicyclic) bond motifs is 4. The molecule has 1 heterocycles. The third-order valence-electron chi connectivity index (χ3n) is 10.6. The van der Waals surface area contributed by atoms with Crippen LogP contribution in [0.1, 0.15) is 17.9 Å². The van der Waals surface area contributed by atoms with Crippen LogP contribution in [-0.2, 0) is 0 Å². The molecule has 5 unspecified atom stereocenters. The molecule has 0 aromatic heterocycles. The quantitative estimate of drug-likeness (QED) is 0.187. The summed E-state index contributed by atoms with van der Waals surface area (Å²) in [6, 6.07) is 45.0. The van der Waals surface area contributed by atoms with E-state index in [1.807, 2.05) is 0 Å². The number of benzene rings is 5. The summed E-state index contributed by atoms with van der Waals surface area (Å²) in [7, 11) is 0. The van der Waals surface area contributed by atoms with Gasteiger partial charge in [-0.15, -0.1) is 0 Å². The van der Waals surface area contributed by atoms with Crippen LogP contribution in [-0.4, -0.2) is 17.0 Å². The topological polar surface area (TPSA) is 6.48 Å². The first-order valence-corrected chi connectivity index (χ1v) is 17.2. The molecule has 5 aromatic rings. The van der Waals surface area contributed by atoms with Crippen molar-refractivity contribution in [2.45, 2.75) is 24.4 Å². The van der Waals surface area contributed by atoms with Crippen LogP contribution in [0, 0.1) is 11.8 Å². The minimum absolute atomic E-state index is 0.304. The van der Waals surface area contributed by atoms with Gasteiger partial charge in [-0.25, -0.2) is 0 Å². The van der Waals surface area contributed by atoms with E-state index in [2.05, 4.69) is 198 Å². The molecule has 3 aliphatic carbocycles. The van der Waals surface area contributed by atoms with Crippen LogP contribution in [0.4, 0.5) is 17.1 Å². The van der Waals surface area contributed by atoms with Gasteiger partial charge in [0, 0.05) is 40.2 Å². The lowest BCUT2D eigenvalue weighted by Gasteiger charge is -2.38. The van der Waals surface area contributed by atoms with Gasteiger partial charge in [-0.3, -0.25) is 0 Å². The van der Waals surface area contributed by atoms with Crippen LogP contribution in [0.25, 0.3) is 21.9 Å². The Labute approximate surface area is 283 Å². The molecule has 0 amide bonds. The molecule has 1 fully saturated rings. The zero-order valence-corrected chi connectivity index (χ0v) is 26.9. The first-order valence-electron chi connectivity index (χ1n) is 17.2. The Morgan fingerprint density at radius 1 is 0.521 bits per heavy atom. The zero-order valence-electron chi connectivity index (χ0n) is 26.9. The fourth-order valence-electron chi connectivity index (χ4n) is 8.35. The van der Waals surface area contributed by atoms with Crippen LogP contribution < -0.4 is 4.90 Å². The van der Waals surface area contributed by atoms with Crippen LogP contribution >= 0.6 is 0 Å². The van der Waals surface area contributed by atoms with Gasteiger partial charge in [0.05, 0.1) is 17.8 Å². The Bertz CT molecular complexity index is 2090. The van der Waals surface area contributed by atoms with Gasteiger partial charge >= 0.3 is 0 Å². The highest BCUT2D eigenvalue weighted by molar-refractivity contribution is 5.99. The van der Waals surface area contributed by atoms with Gasteiger partial charge in [-0.05, 0) is 64.9 Å². The van der Waals surface area contributed by atoms with Gasteiger partial charge in [0.15, 0.2) is 0 Å². The lowest BCUT2D eigenvalue weighted by Crippen LogP contribution is -2.38. The van der Waals surface area contributed by atoms with Crippen molar-refractivity contribution in [3.63, 3.8) is 0 Å². The Morgan fingerprint density at radius 3 is 1.85 bits per heavy atom. The minimum Gasteiger partial charge on any atom is -0.360 e. The Morgan fingerprint density at radius 2 is 1.12 bits per heavy atom. The van der Waals surface area contributed by atoms with Gasteiger partial charge in [-0.1, -0.05) is 152 Å². The van der Waals surface area contributed by atoms with E-state index in [4.69, 9.17) is 0 Å². The highest BCUT2D eigenvalue weighted by Crippen LogP contribution is 2.48. The summed E-state index contributed by atoms with van der Waals surface area (Å²) >= 11 is 0. The van der Waals surface area contributed by atoms with Crippen LogP contribution in [0.15, 0.2) is 194 Å². The maximum absolute atomic E-state index is 2.72. The van der Waals surface area contributed by atoms with Crippen molar-refractivity contribution in [2.75, 3.05) is 4.90 Å². The summed E-state index contributed by atoms with van der Waals surface area (Å²) < 4.78 is 0. The highest BCUT2D eigenvalue weighted by Gasteiger charge is 2.47. The molecule has 2 heteroatoms. The fraction of sp³-hybridized carbons (Fsp3) is 0.130. The normalized spacial score (nSPS) is 23.6. The molecule has 5 atom stereocenters. The number of hydrogen-bond donors (Lipinski definition) is 0. The highest BCUT2D eigenvalue weighted by atomic mass is 15.2. The number of hydrogen-bond acceptors (Lipinski definition) is 2. The third kappa shape index (κ3) is 4.96. The molecule has 1 saturated heterocycles. The second-order valence-electron chi connectivity index (χ2n) is 13.2. The number of anilines is 3. The molecule has 9 rings (SSSR count). The molecule has 4 aliphatic rings. The van der Waals surface area contributed by atoms with Crippen molar-refractivity contribution in [3.8, 4) is 11.1 Å². The molecular weight excluding hydrogens is 581 g/mol. The Balaban J connectivity index is 1.09. The minimum atomic E-state index is 0.304. The zero-order chi connectivity index (χ0) is 31.9. The molecule has 1 aliphatic heterocycles. The van der Waals surface area contributed by atoms with Gasteiger partial charge in [0.2, 0.25) is 0 Å². The average molecular weight is 619 g/mol. The summed E-state index contributed by atoms with van der Waals surface area (Å²) in [4.78, 5) is 5.13. The molecule has 48 heavy (non-hydrogen) atoms. The summed E-state index contributed by atoms with van der Waals surface area (Å²) in [5.41, 5.74) is 8.70. The summed E-state index contributed by atoms with van der Waals surface area (Å²) in [5.74, 6) is 1.30. The predicted octanol–water partition coefficient (Wildman–Crippen LogP) is 11.4. The van der Waals surface area contributed by atoms with Crippen molar-refractivity contribution in [1.82, 2.24) is 4.90 Å². The summed E-state index contributed by atoms with van der Waals surface area (Å²) in [5, 5.41) is 2.47. The fourth-order valence-corrected chi connectivity index (χ4v) is 8.35. The molecule has 0 saturated carbocycles. The maximum atomic E-state index is 2.72. The van der Waals surface area contributed by atoms with Gasteiger partial charge < -0.3 is 9.80 Å². The van der Waals surface area contributed by atoms with E-state index >= 15 is 0 Å². The van der Waals surface area contributed by atoms with E-state index in [1.54, 1.807) is 0 Å². The second kappa shape index (κ2) is 12.2. The lowest BCUT2D eigenvalue weighted by molar-refractivity contribution is 0.281. The van der Waals surface area contributed by atoms with Crippen LogP contribution in [0.3, 0.4) is 0 Å². The molecule has 0 N–H and O–H groups in total. The van der Waals surface area contributed by atoms with Crippen molar-refractivity contribution in [1.29, 1.82) is 0 Å². The number of rotatable bonds is 6. The number of nitrogens with zero attached hydrogens (tertiary/aromatic N) is 2. The number of likely N-dealkylation sites (tertiary alicyclic amines) is 1. The lowest BCUT2D eigenvalue weighted by atomic mass is 9.83. The number of allylic oxidation sites excluding steroid dienone is 8. The van der Waals surface area contributed by atoms with Gasteiger partial charge in [0.1, 0.15) is 0 Å². The molecule has 0 spiro atoms. The molecule has 2 nitrogen and oxygen atoms in total. The molecule has 0 radical (unpaired) electrons. The van der Waals surface area contributed by atoms with E-state index in [9.17, 15) is 0 Å². The van der Waals surface area contributed by atoms with E-state index < -0.39 is 0 Å². The SMILES string of the molecule is C1=CCC(c2ccc(N(c3ccc(-c4ccccc4)cc3)c3cccc4ccccc34)cc2)C(N2C3C=CC=CC3C3C=CC=CC32)=C1. The molecule has 5 aromatic carbocycles. The van der Waals surface area contributed by atoms with Crippen LogP contribution in [0.2, 0.25) is 0 Å².